The molecule has 0 radical (unpaired) electrons. The Labute approximate surface area is 125 Å². The quantitative estimate of drug-likeness (QED) is 0.831. The van der Waals surface area contributed by atoms with E-state index in [9.17, 15) is 13.2 Å². The SMILES string of the molecule is Cc1nc(N)c2c(F)c(F)c(NC3CCCCC3)c(F)c2n1. The fourth-order valence-electron chi connectivity index (χ4n) is 2.98. The van der Waals surface area contributed by atoms with Gasteiger partial charge in [0.1, 0.15) is 22.8 Å². The molecule has 1 fully saturated rings. The Bertz CT molecular complexity index is 727. The molecule has 118 valence electrons. The molecular weight excluding hydrogens is 293 g/mol. The highest BCUT2D eigenvalue weighted by Gasteiger charge is 2.25. The second-order valence-corrected chi connectivity index (χ2v) is 5.68. The van der Waals surface area contributed by atoms with Crippen molar-refractivity contribution in [3.05, 3.63) is 23.3 Å². The normalized spacial score (nSPS) is 16.2. The van der Waals surface area contributed by atoms with Crippen LogP contribution >= 0.6 is 0 Å². The van der Waals surface area contributed by atoms with E-state index in [1.54, 1.807) is 0 Å². The van der Waals surface area contributed by atoms with Crippen molar-refractivity contribution in [2.75, 3.05) is 11.1 Å². The molecule has 7 heteroatoms. The molecule has 3 N–H and O–H groups in total. The fraction of sp³-hybridized carbons (Fsp3) is 0.467. The van der Waals surface area contributed by atoms with Gasteiger partial charge in [0.25, 0.3) is 0 Å². The van der Waals surface area contributed by atoms with Gasteiger partial charge >= 0.3 is 0 Å². The van der Waals surface area contributed by atoms with E-state index >= 15 is 0 Å². The Morgan fingerprint density at radius 1 is 1.00 bits per heavy atom. The topological polar surface area (TPSA) is 63.8 Å². The Morgan fingerprint density at radius 3 is 2.36 bits per heavy atom. The lowest BCUT2D eigenvalue weighted by atomic mass is 9.95. The van der Waals surface area contributed by atoms with Gasteiger partial charge in [-0.15, -0.1) is 0 Å². The van der Waals surface area contributed by atoms with E-state index in [1.165, 1.54) is 6.92 Å². The van der Waals surface area contributed by atoms with Gasteiger partial charge in [-0.2, -0.15) is 0 Å². The van der Waals surface area contributed by atoms with Crippen LogP contribution in [0.15, 0.2) is 0 Å². The summed E-state index contributed by atoms with van der Waals surface area (Å²) in [5.74, 6) is -3.46. The number of anilines is 2. The van der Waals surface area contributed by atoms with Crippen molar-refractivity contribution in [2.24, 2.45) is 0 Å². The van der Waals surface area contributed by atoms with Crippen molar-refractivity contribution in [1.29, 1.82) is 0 Å². The van der Waals surface area contributed by atoms with E-state index < -0.39 is 28.5 Å². The van der Waals surface area contributed by atoms with Crippen molar-refractivity contribution in [2.45, 2.75) is 45.1 Å². The molecule has 0 aliphatic heterocycles. The third-order valence-corrected chi connectivity index (χ3v) is 4.06. The summed E-state index contributed by atoms with van der Waals surface area (Å²) in [6.45, 7) is 1.52. The van der Waals surface area contributed by atoms with Gasteiger partial charge in [-0.3, -0.25) is 0 Å². The summed E-state index contributed by atoms with van der Waals surface area (Å²) in [7, 11) is 0. The molecule has 1 heterocycles. The van der Waals surface area contributed by atoms with Gasteiger partial charge in [-0.1, -0.05) is 19.3 Å². The second-order valence-electron chi connectivity index (χ2n) is 5.68. The zero-order valence-electron chi connectivity index (χ0n) is 12.2. The minimum Gasteiger partial charge on any atom is -0.383 e. The van der Waals surface area contributed by atoms with Crippen LogP contribution in [-0.4, -0.2) is 16.0 Å². The van der Waals surface area contributed by atoms with Crippen LogP contribution in [0.5, 0.6) is 0 Å². The van der Waals surface area contributed by atoms with Gasteiger partial charge in [0.05, 0.1) is 5.39 Å². The van der Waals surface area contributed by atoms with E-state index in [2.05, 4.69) is 15.3 Å². The summed E-state index contributed by atoms with van der Waals surface area (Å²) in [6.07, 6.45) is 4.71. The Hall–Kier alpha value is -2.05. The first kappa shape index (κ1) is 14.9. The highest BCUT2D eigenvalue weighted by atomic mass is 19.2. The maximum Gasteiger partial charge on any atom is 0.185 e. The molecule has 22 heavy (non-hydrogen) atoms. The maximum atomic E-state index is 14.6. The molecule has 0 bridgehead atoms. The van der Waals surface area contributed by atoms with Gasteiger partial charge < -0.3 is 11.1 Å². The van der Waals surface area contributed by atoms with Crippen LogP contribution in [-0.2, 0) is 0 Å². The van der Waals surface area contributed by atoms with Gasteiger partial charge in [0.2, 0.25) is 0 Å². The summed E-state index contributed by atoms with van der Waals surface area (Å²) in [5.41, 5.74) is 4.83. The predicted molar refractivity (Wildman–Crippen MR) is 79.1 cm³/mol. The van der Waals surface area contributed by atoms with Gasteiger partial charge in [0, 0.05) is 6.04 Å². The molecule has 1 aliphatic rings. The van der Waals surface area contributed by atoms with Crippen LogP contribution in [0.25, 0.3) is 10.9 Å². The van der Waals surface area contributed by atoms with Gasteiger partial charge in [-0.05, 0) is 19.8 Å². The average Bonchev–Trinajstić information content (AvgIpc) is 2.50. The lowest BCUT2D eigenvalue weighted by Gasteiger charge is -2.24. The highest BCUT2D eigenvalue weighted by Crippen LogP contribution is 2.34. The van der Waals surface area contributed by atoms with Crippen LogP contribution in [0.4, 0.5) is 24.7 Å². The zero-order chi connectivity index (χ0) is 15.9. The zero-order valence-corrected chi connectivity index (χ0v) is 12.2. The summed E-state index contributed by atoms with van der Waals surface area (Å²) in [6, 6.07) is -0.0603. The molecule has 0 amide bonds. The fourth-order valence-corrected chi connectivity index (χ4v) is 2.98. The number of halogens is 3. The Balaban J connectivity index is 2.14. The lowest BCUT2D eigenvalue weighted by Crippen LogP contribution is -2.24. The number of nitrogens with zero attached hydrogens (tertiary/aromatic N) is 2. The number of hydrogen-bond acceptors (Lipinski definition) is 4. The average molecular weight is 310 g/mol. The molecule has 1 aromatic heterocycles. The lowest BCUT2D eigenvalue weighted by molar-refractivity contribution is 0.454. The molecule has 3 rings (SSSR count). The predicted octanol–water partition coefficient (Wildman–Crippen LogP) is 3.68. The van der Waals surface area contributed by atoms with Crippen molar-refractivity contribution < 1.29 is 13.2 Å². The molecular formula is C15H17F3N4. The number of nitrogen functional groups attached to an aromatic ring is 1. The van der Waals surface area contributed by atoms with Crippen molar-refractivity contribution >= 4 is 22.4 Å². The summed E-state index contributed by atoms with van der Waals surface area (Å²) in [5, 5.41) is 2.39. The van der Waals surface area contributed by atoms with Crippen LogP contribution < -0.4 is 11.1 Å². The van der Waals surface area contributed by atoms with Gasteiger partial charge in [-0.25, -0.2) is 23.1 Å². The van der Waals surface area contributed by atoms with Crippen molar-refractivity contribution in [3.8, 4) is 0 Å². The number of benzene rings is 1. The van der Waals surface area contributed by atoms with Crippen LogP contribution in [0.3, 0.4) is 0 Å². The molecule has 1 saturated carbocycles. The molecule has 1 aliphatic carbocycles. The number of aryl methyl sites for hydroxylation is 1. The third kappa shape index (κ3) is 2.44. The minimum atomic E-state index is -1.27. The number of rotatable bonds is 2. The third-order valence-electron chi connectivity index (χ3n) is 4.06. The number of hydrogen-bond donors (Lipinski definition) is 2. The number of nitrogens with two attached hydrogens (primary N) is 1. The summed E-state index contributed by atoms with van der Waals surface area (Å²) in [4.78, 5) is 7.64. The van der Waals surface area contributed by atoms with E-state index in [4.69, 9.17) is 5.73 Å². The second kappa shape index (κ2) is 5.62. The van der Waals surface area contributed by atoms with E-state index in [0.29, 0.717) is 0 Å². The number of nitrogens with one attached hydrogen (secondary N) is 1. The largest absolute Gasteiger partial charge is 0.383 e. The first-order chi connectivity index (χ1) is 10.5. The molecule has 1 aromatic carbocycles. The van der Waals surface area contributed by atoms with E-state index in [1.807, 2.05) is 0 Å². The molecule has 4 nitrogen and oxygen atoms in total. The number of fused-ring (bicyclic) bond motifs is 1. The molecule has 0 atom stereocenters. The summed E-state index contributed by atoms with van der Waals surface area (Å²) >= 11 is 0. The first-order valence-electron chi connectivity index (χ1n) is 7.36. The maximum absolute atomic E-state index is 14.6. The van der Waals surface area contributed by atoms with Crippen molar-refractivity contribution in [3.63, 3.8) is 0 Å². The highest BCUT2D eigenvalue weighted by molar-refractivity contribution is 5.91. The monoisotopic (exact) mass is 310 g/mol. The van der Waals surface area contributed by atoms with E-state index in [-0.39, 0.29) is 23.2 Å². The number of aromatic nitrogens is 2. The summed E-state index contributed by atoms with van der Waals surface area (Å²) < 4.78 is 43.1. The van der Waals surface area contributed by atoms with Gasteiger partial charge in [0.15, 0.2) is 17.5 Å². The molecule has 0 spiro atoms. The smallest absolute Gasteiger partial charge is 0.185 e. The molecule has 2 aromatic rings. The van der Waals surface area contributed by atoms with Crippen LogP contribution in [0.2, 0.25) is 0 Å². The minimum absolute atomic E-state index is 0.0603. The van der Waals surface area contributed by atoms with Crippen LogP contribution in [0, 0.1) is 24.4 Å². The Kier molecular flexibility index (Phi) is 3.80. The standard InChI is InChI=1S/C15H17F3N4/c1-7-20-13-9(15(19)21-7)10(16)11(17)14(12(13)18)22-8-5-3-2-4-6-8/h8,22H,2-6H2,1H3,(H2,19,20,21). The van der Waals surface area contributed by atoms with Crippen molar-refractivity contribution in [1.82, 2.24) is 9.97 Å². The molecule has 0 unspecified atom stereocenters. The van der Waals surface area contributed by atoms with E-state index in [0.717, 1.165) is 32.1 Å². The molecule has 0 saturated heterocycles. The van der Waals surface area contributed by atoms with Crippen LogP contribution in [0.1, 0.15) is 37.9 Å². The Morgan fingerprint density at radius 2 is 1.68 bits per heavy atom. The first-order valence-corrected chi connectivity index (χ1v) is 7.36.